The van der Waals surface area contributed by atoms with Gasteiger partial charge in [0, 0.05) is 23.6 Å². The zero-order chi connectivity index (χ0) is 15.9. The van der Waals surface area contributed by atoms with Crippen LogP contribution in [0.25, 0.3) is 11.0 Å². The van der Waals surface area contributed by atoms with Crippen LogP contribution >= 0.6 is 0 Å². The first-order chi connectivity index (χ1) is 10.7. The highest BCUT2D eigenvalue weighted by Gasteiger charge is 2.07. The van der Waals surface area contributed by atoms with Crippen LogP contribution in [0.5, 0.6) is 0 Å². The smallest absolute Gasteiger partial charge is 0.226 e. The molecule has 0 spiro atoms. The van der Waals surface area contributed by atoms with Gasteiger partial charge in [-0.1, -0.05) is 31.4 Å². The first kappa shape index (κ1) is 15.8. The molecular formula is C18H19NO3. The predicted molar refractivity (Wildman–Crippen MR) is 88.7 cm³/mol. The van der Waals surface area contributed by atoms with Gasteiger partial charge in [-0.25, -0.2) is 0 Å². The number of aliphatic hydroxyl groups excluding tert-OH is 1. The largest absolute Gasteiger partial charge is 0.461 e. The Hall–Kier alpha value is -2.59. The highest BCUT2D eigenvalue weighted by molar-refractivity contribution is 5.93. The van der Waals surface area contributed by atoms with E-state index in [2.05, 4.69) is 18.5 Å². The van der Waals surface area contributed by atoms with E-state index in [-0.39, 0.29) is 18.9 Å². The normalized spacial score (nSPS) is 11.4. The van der Waals surface area contributed by atoms with Gasteiger partial charge in [-0.05, 0) is 23.8 Å². The molecule has 4 nitrogen and oxygen atoms in total. The number of furan rings is 1. The summed E-state index contributed by atoms with van der Waals surface area (Å²) in [4.78, 5) is 11.5. The van der Waals surface area contributed by atoms with Gasteiger partial charge >= 0.3 is 0 Å². The summed E-state index contributed by atoms with van der Waals surface area (Å²) in [6.45, 7) is 7.27. The lowest BCUT2D eigenvalue weighted by Crippen LogP contribution is -2.12. The van der Waals surface area contributed by atoms with Crippen molar-refractivity contribution in [1.29, 1.82) is 0 Å². The number of anilines is 1. The van der Waals surface area contributed by atoms with E-state index in [1.165, 1.54) is 0 Å². The number of nitrogens with one attached hydrogen (secondary N) is 1. The highest BCUT2D eigenvalue weighted by Crippen LogP contribution is 2.24. The summed E-state index contributed by atoms with van der Waals surface area (Å²) in [5.41, 5.74) is 2.38. The van der Waals surface area contributed by atoms with Gasteiger partial charge in [-0.3, -0.25) is 4.79 Å². The summed E-state index contributed by atoms with van der Waals surface area (Å²) in [5, 5.41) is 12.4. The fraction of sp³-hybridized carbons (Fsp3) is 0.167. The molecule has 2 N–H and O–H groups in total. The van der Waals surface area contributed by atoms with E-state index in [4.69, 9.17) is 9.52 Å². The van der Waals surface area contributed by atoms with E-state index in [1.54, 1.807) is 18.2 Å². The third kappa shape index (κ3) is 3.96. The maximum Gasteiger partial charge on any atom is 0.226 e. The van der Waals surface area contributed by atoms with Crippen LogP contribution in [0.1, 0.15) is 12.2 Å². The molecule has 1 aromatic carbocycles. The van der Waals surface area contributed by atoms with Gasteiger partial charge < -0.3 is 14.8 Å². The molecule has 0 unspecified atom stereocenters. The number of benzene rings is 1. The Morgan fingerprint density at radius 3 is 2.82 bits per heavy atom. The molecule has 1 amide bonds. The molecule has 0 radical (unpaired) electrons. The molecule has 0 atom stereocenters. The molecule has 2 rings (SSSR count). The van der Waals surface area contributed by atoms with E-state index < -0.39 is 0 Å². The summed E-state index contributed by atoms with van der Waals surface area (Å²) in [6, 6.07) is 7.45. The number of aliphatic hydroxyl groups is 1. The van der Waals surface area contributed by atoms with Crippen LogP contribution in [-0.4, -0.2) is 17.6 Å². The van der Waals surface area contributed by atoms with E-state index in [9.17, 15) is 4.79 Å². The van der Waals surface area contributed by atoms with Crippen molar-refractivity contribution < 1.29 is 14.3 Å². The molecule has 22 heavy (non-hydrogen) atoms. The van der Waals surface area contributed by atoms with Crippen molar-refractivity contribution in [2.45, 2.75) is 12.8 Å². The maximum absolute atomic E-state index is 11.5. The van der Waals surface area contributed by atoms with Crippen LogP contribution < -0.4 is 5.32 Å². The zero-order valence-corrected chi connectivity index (χ0v) is 12.3. The number of fused-ring (bicyclic) bond motifs is 1. The van der Waals surface area contributed by atoms with Crippen LogP contribution in [0, 0.1) is 0 Å². The molecule has 114 valence electrons. The molecule has 2 aromatic rings. The van der Waals surface area contributed by atoms with Gasteiger partial charge in [0.1, 0.15) is 11.3 Å². The molecule has 0 aliphatic carbocycles. The number of amides is 1. The Balaban J connectivity index is 2.20. The Labute approximate surface area is 129 Å². The van der Waals surface area contributed by atoms with Gasteiger partial charge in [-0.15, -0.1) is 0 Å². The molecule has 1 aromatic heterocycles. The average molecular weight is 297 g/mol. The molecule has 0 saturated heterocycles. The van der Waals surface area contributed by atoms with Crippen LogP contribution in [0.4, 0.5) is 5.69 Å². The molecular weight excluding hydrogens is 278 g/mol. The summed E-state index contributed by atoms with van der Waals surface area (Å²) >= 11 is 0. The monoisotopic (exact) mass is 297 g/mol. The molecule has 4 heteroatoms. The number of carbonyl (C=O) groups excluding carboxylic acids is 1. The third-order valence-electron chi connectivity index (χ3n) is 3.17. The van der Waals surface area contributed by atoms with Crippen molar-refractivity contribution in [3.8, 4) is 0 Å². The predicted octanol–water partition coefficient (Wildman–Crippen LogP) is 3.59. The van der Waals surface area contributed by atoms with Crippen molar-refractivity contribution in [3.63, 3.8) is 0 Å². The number of carbonyl (C=O) groups is 1. The van der Waals surface area contributed by atoms with Crippen molar-refractivity contribution in [3.05, 3.63) is 67.0 Å². The fourth-order valence-corrected chi connectivity index (χ4v) is 2.13. The second-order valence-corrected chi connectivity index (χ2v) is 4.85. The van der Waals surface area contributed by atoms with Crippen molar-refractivity contribution in [2.75, 3.05) is 11.9 Å². The molecule has 0 aliphatic rings. The Morgan fingerprint density at radius 2 is 2.14 bits per heavy atom. The summed E-state index contributed by atoms with van der Waals surface area (Å²) in [7, 11) is 0. The quantitative estimate of drug-likeness (QED) is 0.768. The Bertz CT molecular complexity index is 725. The summed E-state index contributed by atoms with van der Waals surface area (Å²) < 4.78 is 5.81. The lowest BCUT2D eigenvalue weighted by molar-refractivity contribution is -0.116. The standard InChI is InChI=1S/C18H19NO3/c1-3-5-13(4-2)10-16-11-14-6-7-15(12-17(14)22-16)19-18(21)8-9-20/h3-7,11-12,20H,1-2,8-10H2,(H,19,21)/b13-5+. The highest BCUT2D eigenvalue weighted by atomic mass is 16.3. The van der Waals surface area contributed by atoms with Crippen molar-refractivity contribution in [1.82, 2.24) is 0 Å². The summed E-state index contributed by atoms with van der Waals surface area (Å²) in [5.74, 6) is 0.596. The average Bonchev–Trinajstić information content (AvgIpc) is 2.88. The molecule has 0 bridgehead atoms. The first-order valence-corrected chi connectivity index (χ1v) is 7.03. The molecule has 0 fully saturated rings. The lowest BCUT2D eigenvalue weighted by atomic mass is 10.1. The zero-order valence-electron chi connectivity index (χ0n) is 12.3. The third-order valence-corrected chi connectivity index (χ3v) is 3.17. The first-order valence-electron chi connectivity index (χ1n) is 7.03. The van der Waals surface area contributed by atoms with E-state index in [0.717, 1.165) is 16.7 Å². The Kier molecular flexibility index (Phi) is 5.33. The van der Waals surface area contributed by atoms with E-state index in [1.807, 2.05) is 24.3 Å². The van der Waals surface area contributed by atoms with Gasteiger partial charge in [0.15, 0.2) is 0 Å². The van der Waals surface area contributed by atoms with Gasteiger partial charge in [0.05, 0.1) is 13.0 Å². The Morgan fingerprint density at radius 1 is 1.32 bits per heavy atom. The maximum atomic E-state index is 11.5. The van der Waals surface area contributed by atoms with E-state index >= 15 is 0 Å². The number of rotatable bonds is 7. The summed E-state index contributed by atoms with van der Waals surface area (Å²) in [6.07, 6.45) is 6.09. The van der Waals surface area contributed by atoms with Gasteiger partial charge in [0.25, 0.3) is 0 Å². The van der Waals surface area contributed by atoms with E-state index in [0.29, 0.717) is 17.7 Å². The fourth-order valence-electron chi connectivity index (χ4n) is 2.13. The molecule has 1 heterocycles. The lowest BCUT2D eigenvalue weighted by Gasteiger charge is -2.03. The SMILES string of the molecule is C=C/C=C(\C=C)Cc1cc2ccc(NC(=O)CCO)cc2o1. The topological polar surface area (TPSA) is 62.5 Å². The van der Waals surface area contributed by atoms with Gasteiger partial charge in [0.2, 0.25) is 5.91 Å². The second kappa shape index (κ2) is 7.43. The molecule has 0 aliphatic heterocycles. The second-order valence-electron chi connectivity index (χ2n) is 4.85. The van der Waals surface area contributed by atoms with Crippen LogP contribution in [-0.2, 0) is 11.2 Å². The minimum Gasteiger partial charge on any atom is -0.461 e. The number of hydrogen-bond donors (Lipinski definition) is 2. The van der Waals surface area contributed by atoms with Gasteiger partial charge in [-0.2, -0.15) is 0 Å². The van der Waals surface area contributed by atoms with Crippen LogP contribution in [0.15, 0.2) is 65.6 Å². The minimum absolute atomic E-state index is 0.0798. The number of hydrogen-bond acceptors (Lipinski definition) is 3. The van der Waals surface area contributed by atoms with Crippen LogP contribution in [0.3, 0.4) is 0 Å². The molecule has 0 saturated carbocycles. The van der Waals surface area contributed by atoms with Crippen molar-refractivity contribution >= 4 is 22.6 Å². The minimum atomic E-state index is -0.225. The number of allylic oxidation sites excluding steroid dienone is 4. The van der Waals surface area contributed by atoms with Crippen molar-refractivity contribution in [2.24, 2.45) is 0 Å². The van der Waals surface area contributed by atoms with Crippen LogP contribution in [0.2, 0.25) is 0 Å².